The quantitative estimate of drug-likeness (QED) is 0.243. The van der Waals surface area contributed by atoms with Crippen molar-refractivity contribution in [2.45, 2.75) is 110 Å². The van der Waals surface area contributed by atoms with Gasteiger partial charge in [-0.2, -0.15) is 0 Å². The molecule has 39 heavy (non-hydrogen) atoms. The van der Waals surface area contributed by atoms with E-state index in [1.807, 2.05) is 39.8 Å². The summed E-state index contributed by atoms with van der Waals surface area (Å²) in [5.41, 5.74) is 4.94. The molecule has 3 aliphatic rings. The lowest BCUT2D eigenvalue weighted by atomic mass is 9.49. The van der Waals surface area contributed by atoms with Gasteiger partial charge in [0.2, 0.25) is 0 Å². The molecular formula is C32H45BN2O4. The van der Waals surface area contributed by atoms with Gasteiger partial charge < -0.3 is 14.6 Å². The topological polar surface area (TPSA) is 73.6 Å². The van der Waals surface area contributed by atoms with Crippen molar-refractivity contribution in [1.82, 2.24) is 0 Å². The van der Waals surface area contributed by atoms with Crippen LogP contribution in [-0.2, 0) is 21.1 Å². The van der Waals surface area contributed by atoms with Crippen molar-refractivity contribution in [2.75, 3.05) is 11.9 Å². The van der Waals surface area contributed by atoms with Crippen molar-refractivity contribution < 1.29 is 14.2 Å². The third-order valence-corrected chi connectivity index (χ3v) is 10.6. The third-order valence-electron chi connectivity index (χ3n) is 10.6. The summed E-state index contributed by atoms with van der Waals surface area (Å²) in [6.45, 7) is 18.0. The molecule has 0 aromatic heterocycles. The third kappa shape index (κ3) is 4.80. The van der Waals surface area contributed by atoms with Gasteiger partial charge in [-0.1, -0.05) is 58.4 Å². The molecule has 1 N–H and O–H groups in total. The fourth-order valence-electron chi connectivity index (χ4n) is 7.49. The number of nitrogens with one attached hydrogen (secondary N) is 1. The Kier molecular flexibility index (Phi) is 6.95. The Morgan fingerprint density at radius 2 is 1.72 bits per heavy atom. The molecule has 2 aromatic carbocycles. The average Bonchev–Trinajstić information content (AvgIpc) is 3.08. The first-order valence-corrected chi connectivity index (χ1v) is 14.7. The van der Waals surface area contributed by atoms with Crippen LogP contribution in [0.1, 0.15) is 104 Å². The molecule has 1 saturated heterocycles. The zero-order chi connectivity index (χ0) is 28.4. The van der Waals surface area contributed by atoms with Gasteiger partial charge in [0.1, 0.15) is 5.69 Å². The van der Waals surface area contributed by atoms with E-state index in [1.54, 1.807) is 6.07 Å². The van der Waals surface area contributed by atoms with E-state index in [-0.39, 0.29) is 21.4 Å². The van der Waals surface area contributed by atoms with E-state index in [0.717, 1.165) is 19.3 Å². The molecule has 0 amide bonds. The molecule has 210 valence electrons. The molecule has 0 bridgehead atoms. The van der Waals surface area contributed by atoms with E-state index < -0.39 is 18.3 Å². The van der Waals surface area contributed by atoms with Crippen molar-refractivity contribution in [1.29, 1.82) is 0 Å². The van der Waals surface area contributed by atoms with Crippen molar-refractivity contribution in [3.05, 3.63) is 63.2 Å². The van der Waals surface area contributed by atoms with E-state index in [0.29, 0.717) is 29.5 Å². The van der Waals surface area contributed by atoms with Gasteiger partial charge in [-0.3, -0.25) is 10.1 Å². The number of anilines is 1. The fourth-order valence-corrected chi connectivity index (χ4v) is 7.49. The molecule has 7 heteroatoms. The minimum Gasteiger partial charge on any atom is -0.399 e. The molecule has 5 rings (SSSR count). The summed E-state index contributed by atoms with van der Waals surface area (Å²) in [5, 5.41) is 15.7. The zero-order valence-corrected chi connectivity index (χ0v) is 25.0. The van der Waals surface area contributed by atoms with Crippen LogP contribution in [-0.4, -0.2) is 29.8 Å². The maximum absolute atomic E-state index is 12.2. The number of nitro groups is 1. The standard InChI is InChI=1S/C32H45BN2O4/c1-21(2)22-10-13-25-23(18-22)11-15-28-31(7,16-9-17-32(25,28)8)20-34-26-14-12-24(19-27(26)35(36)37)33-38-29(3,4)30(5,6)39-33/h10,12-14,18-19,21,28,34H,9,11,15-17,20H2,1-8H3/t28-,31+,32+/m0/s1. The molecule has 1 saturated carbocycles. The predicted molar refractivity (Wildman–Crippen MR) is 159 cm³/mol. The number of rotatable bonds is 6. The summed E-state index contributed by atoms with van der Waals surface area (Å²) in [7, 11) is -0.627. The van der Waals surface area contributed by atoms with Gasteiger partial charge in [-0.05, 0) is 104 Å². The lowest BCUT2D eigenvalue weighted by Gasteiger charge is -2.55. The van der Waals surface area contributed by atoms with Crippen LogP contribution >= 0.6 is 0 Å². The number of hydrogen-bond acceptors (Lipinski definition) is 5. The summed E-state index contributed by atoms with van der Waals surface area (Å²) < 4.78 is 12.3. The number of hydrogen-bond donors (Lipinski definition) is 1. The summed E-state index contributed by atoms with van der Waals surface area (Å²) >= 11 is 0. The number of nitrogens with zero attached hydrogens (tertiary/aromatic N) is 1. The molecule has 1 heterocycles. The van der Waals surface area contributed by atoms with Gasteiger partial charge in [0.05, 0.1) is 16.1 Å². The first-order chi connectivity index (χ1) is 18.2. The minimum absolute atomic E-state index is 0.0413. The largest absolute Gasteiger partial charge is 0.495 e. The lowest BCUT2D eigenvalue weighted by Crippen LogP contribution is -2.51. The van der Waals surface area contributed by atoms with Crippen molar-refractivity contribution in [3.63, 3.8) is 0 Å². The lowest BCUT2D eigenvalue weighted by molar-refractivity contribution is -0.383. The molecule has 0 spiro atoms. The Morgan fingerprint density at radius 1 is 1.03 bits per heavy atom. The van der Waals surface area contributed by atoms with Gasteiger partial charge in [0.25, 0.3) is 5.69 Å². The van der Waals surface area contributed by atoms with Gasteiger partial charge in [0, 0.05) is 12.6 Å². The minimum atomic E-state index is -0.627. The normalized spacial score (nSPS) is 29.2. The first kappa shape index (κ1) is 28.2. The van der Waals surface area contributed by atoms with Gasteiger partial charge in [-0.25, -0.2) is 0 Å². The molecule has 3 atom stereocenters. The number of nitro benzene ring substituents is 1. The van der Waals surface area contributed by atoms with Crippen LogP contribution in [0.2, 0.25) is 0 Å². The van der Waals surface area contributed by atoms with Gasteiger partial charge in [0.15, 0.2) is 0 Å². The first-order valence-electron chi connectivity index (χ1n) is 14.7. The van der Waals surface area contributed by atoms with Crippen molar-refractivity contribution >= 4 is 24.0 Å². The smallest absolute Gasteiger partial charge is 0.399 e. The van der Waals surface area contributed by atoms with Crippen LogP contribution in [0.15, 0.2) is 36.4 Å². The second kappa shape index (κ2) is 9.62. The summed E-state index contributed by atoms with van der Waals surface area (Å²) in [6.07, 6.45) is 5.75. The molecule has 0 unspecified atom stereocenters. The number of aryl methyl sites for hydroxylation is 1. The molecular weight excluding hydrogens is 487 g/mol. The summed E-state index contributed by atoms with van der Waals surface area (Å²) in [4.78, 5) is 11.9. The number of fused-ring (bicyclic) bond motifs is 3. The Balaban J connectivity index is 1.38. The van der Waals surface area contributed by atoms with Crippen LogP contribution in [0, 0.1) is 21.4 Å². The van der Waals surface area contributed by atoms with E-state index in [9.17, 15) is 10.1 Å². The van der Waals surface area contributed by atoms with Crippen LogP contribution < -0.4 is 10.8 Å². The van der Waals surface area contributed by atoms with Crippen LogP contribution in [0.4, 0.5) is 11.4 Å². The maximum Gasteiger partial charge on any atom is 0.495 e. The Hall–Kier alpha value is -2.38. The molecule has 1 aliphatic heterocycles. The van der Waals surface area contributed by atoms with Crippen molar-refractivity contribution in [3.8, 4) is 0 Å². The highest BCUT2D eigenvalue weighted by atomic mass is 16.7. The van der Waals surface area contributed by atoms with E-state index >= 15 is 0 Å². The molecule has 2 aromatic rings. The van der Waals surface area contributed by atoms with Crippen LogP contribution in [0.3, 0.4) is 0 Å². The highest BCUT2D eigenvalue weighted by molar-refractivity contribution is 6.62. The maximum atomic E-state index is 12.2. The number of benzene rings is 2. The Morgan fingerprint density at radius 3 is 2.36 bits per heavy atom. The molecule has 0 radical (unpaired) electrons. The molecule has 2 aliphatic carbocycles. The highest BCUT2D eigenvalue weighted by Gasteiger charge is 2.53. The zero-order valence-electron chi connectivity index (χ0n) is 25.0. The Labute approximate surface area is 234 Å². The van der Waals surface area contributed by atoms with Crippen LogP contribution in [0.5, 0.6) is 0 Å². The average molecular weight is 533 g/mol. The summed E-state index contributed by atoms with van der Waals surface area (Å²) in [5.74, 6) is 1.06. The highest BCUT2D eigenvalue weighted by Crippen LogP contribution is 2.57. The summed E-state index contributed by atoms with van der Waals surface area (Å²) in [6, 6.07) is 12.5. The molecule has 2 fully saturated rings. The van der Waals surface area contributed by atoms with E-state index in [1.165, 1.54) is 29.5 Å². The van der Waals surface area contributed by atoms with E-state index in [4.69, 9.17) is 9.31 Å². The van der Waals surface area contributed by atoms with Crippen LogP contribution in [0.25, 0.3) is 0 Å². The second-order valence-corrected chi connectivity index (χ2v) is 14.1. The molecule has 6 nitrogen and oxygen atoms in total. The predicted octanol–water partition coefficient (Wildman–Crippen LogP) is 7.14. The second-order valence-electron chi connectivity index (χ2n) is 14.1. The monoisotopic (exact) mass is 532 g/mol. The fraction of sp³-hybridized carbons (Fsp3) is 0.625. The Bertz CT molecular complexity index is 1260. The SMILES string of the molecule is CC(C)c1ccc2c(c1)CC[C@H]1[C@@](C)(CNc3ccc(B4OC(C)(C)C(C)(C)O4)cc3[N+](=O)[O-])CCC[C@]21C. The van der Waals surface area contributed by atoms with E-state index in [2.05, 4.69) is 51.2 Å². The van der Waals surface area contributed by atoms with Gasteiger partial charge in [-0.15, -0.1) is 0 Å². The van der Waals surface area contributed by atoms with Gasteiger partial charge >= 0.3 is 7.12 Å². The van der Waals surface area contributed by atoms with Crippen molar-refractivity contribution in [2.24, 2.45) is 11.3 Å².